The molecule has 0 aliphatic heterocycles. The van der Waals surface area contributed by atoms with Gasteiger partial charge in [-0.15, -0.1) is 0 Å². The van der Waals surface area contributed by atoms with Gasteiger partial charge in [-0.05, 0) is 61.2 Å². The van der Waals surface area contributed by atoms with Gasteiger partial charge in [-0.3, -0.25) is 4.98 Å². The number of fused-ring (bicyclic) bond motifs is 1. The number of hydrogen-bond donors (Lipinski definition) is 0. The van der Waals surface area contributed by atoms with E-state index in [1.54, 1.807) is 43.5 Å². The summed E-state index contributed by atoms with van der Waals surface area (Å²) in [6, 6.07) is 21.8. The molecule has 0 spiro atoms. The van der Waals surface area contributed by atoms with Crippen LogP contribution < -0.4 is 4.74 Å². The molecule has 0 N–H and O–H groups in total. The van der Waals surface area contributed by atoms with Gasteiger partial charge in [0.1, 0.15) is 17.7 Å². The molecule has 0 saturated carbocycles. The van der Waals surface area contributed by atoms with E-state index in [0.717, 1.165) is 22.8 Å². The molecule has 202 valence electrons. The maximum absolute atomic E-state index is 13.1. The molecule has 2 aromatic carbocycles. The molecular formula is C31H26F3N5O. The lowest BCUT2D eigenvalue weighted by molar-refractivity contribution is -0.141. The molecule has 5 aromatic rings. The van der Waals surface area contributed by atoms with E-state index in [9.17, 15) is 18.4 Å². The van der Waals surface area contributed by atoms with Crippen LogP contribution in [0.3, 0.4) is 0 Å². The van der Waals surface area contributed by atoms with Crippen molar-refractivity contribution in [1.29, 1.82) is 5.26 Å². The number of aromatic nitrogens is 4. The summed E-state index contributed by atoms with van der Waals surface area (Å²) in [5.41, 5.74) is 4.06. The molecule has 3 aromatic heterocycles. The van der Waals surface area contributed by atoms with Crippen molar-refractivity contribution in [3.05, 3.63) is 101 Å². The molecule has 0 unspecified atom stereocenters. The van der Waals surface area contributed by atoms with Crippen LogP contribution in [0.1, 0.15) is 60.9 Å². The first-order chi connectivity index (χ1) is 19.1. The van der Waals surface area contributed by atoms with Crippen LogP contribution in [0, 0.1) is 18.3 Å². The highest BCUT2D eigenvalue weighted by molar-refractivity contribution is 5.93. The number of halogens is 3. The van der Waals surface area contributed by atoms with Crippen molar-refractivity contribution < 1.29 is 17.9 Å². The van der Waals surface area contributed by atoms with Crippen LogP contribution in [0.25, 0.3) is 27.8 Å². The topological polar surface area (TPSA) is 76.6 Å². The van der Waals surface area contributed by atoms with Crippen molar-refractivity contribution in [3.8, 4) is 28.9 Å². The van der Waals surface area contributed by atoms with E-state index in [2.05, 4.69) is 30.0 Å². The maximum Gasteiger partial charge on any atom is 0.435 e. The van der Waals surface area contributed by atoms with Gasteiger partial charge in [0, 0.05) is 22.8 Å². The van der Waals surface area contributed by atoms with E-state index in [4.69, 9.17) is 9.72 Å². The molecule has 9 heteroatoms. The Bertz CT molecular complexity index is 1730. The van der Waals surface area contributed by atoms with Crippen LogP contribution in [-0.2, 0) is 6.18 Å². The Kier molecular flexibility index (Phi) is 7.03. The zero-order valence-corrected chi connectivity index (χ0v) is 22.4. The van der Waals surface area contributed by atoms with Crippen LogP contribution in [0.5, 0.6) is 5.88 Å². The second-order valence-corrected chi connectivity index (χ2v) is 9.83. The molecular weight excluding hydrogens is 515 g/mol. The highest BCUT2D eigenvalue weighted by Crippen LogP contribution is 2.37. The Labute approximate surface area is 229 Å². The van der Waals surface area contributed by atoms with Crippen molar-refractivity contribution in [2.45, 2.75) is 45.9 Å². The zero-order chi connectivity index (χ0) is 28.6. The van der Waals surface area contributed by atoms with Crippen LogP contribution in [-0.4, -0.2) is 19.7 Å². The highest BCUT2D eigenvalue weighted by atomic mass is 19.4. The third kappa shape index (κ3) is 5.00. The van der Waals surface area contributed by atoms with Gasteiger partial charge in [-0.25, -0.2) is 9.67 Å². The zero-order valence-electron chi connectivity index (χ0n) is 22.4. The Balaban J connectivity index is 1.53. The summed E-state index contributed by atoms with van der Waals surface area (Å²) in [5.74, 6) is 0.499. The van der Waals surface area contributed by atoms with E-state index < -0.39 is 18.0 Å². The average molecular weight is 542 g/mol. The minimum absolute atomic E-state index is 0.210. The van der Waals surface area contributed by atoms with Crippen molar-refractivity contribution in [1.82, 2.24) is 19.7 Å². The van der Waals surface area contributed by atoms with Gasteiger partial charge in [-0.2, -0.15) is 23.5 Å². The number of rotatable bonds is 6. The summed E-state index contributed by atoms with van der Waals surface area (Å²) >= 11 is 0. The Morgan fingerprint density at radius 2 is 1.70 bits per heavy atom. The van der Waals surface area contributed by atoms with Gasteiger partial charge in [0.25, 0.3) is 0 Å². The summed E-state index contributed by atoms with van der Waals surface area (Å²) in [5, 5.41) is 14.5. The normalized spacial score (nSPS) is 12.5. The van der Waals surface area contributed by atoms with E-state index >= 15 is 0 Å². The van der Waals surface area contributed by atoms with Crippen LogP contribution in [0.4, 0.5) is 13.2 Å². The monoisotopic (exact) mass is 541 g/mol. The molecule has 0 radical (unpaired) electrons. The predicted molar refractivity (Wildman–Crippen MR) is 146 cm³/mol. The van der Waals surface area contributed by atoms with Crippen LogP contribution >= 0.6 is 0 Å². The molecule has 0 aliphatic carbocycles. The van der Waals surface area contributed by atoms with E-state index in [1.807, 2.05) is 37.3 Å². The summed E-state index contributed by atoms with van der Waals surface area (Å²) < 4.78 is 46.9. The standard InChI is InChI=1S/C31H26F3N5O/c1-18(2)23-8-5-6-9-24(23)28-26(17-35)25-10-7-15-36-29(25)30(37-28)40-20(4)21-11-13-22(14-12-21)39-19(3)16-27(38-39)31(32,33)34/h5-16,18,20H,1-4H3/t20-/m1/s1. The highest BCUT2D eigenvalue weighted by Gasteiger charge is 2.34. The number of ether oxygens (including phenoxy) is 1. The summed E-state index contributed by atoms with van der Waals surface area (Å²) in [6.45, 7) is 7.61. The predicted octanol–water partition coefficient (Wildman–Crippen LogP) is 7.94. The first-order valence-electron chi connectivity index (χ1n) is 12.8. The number of alkyl halides is 3. The van der Waals surface area contributed by atoms with Crippen molar-refractivity contribution in [2.75, 3.05) is 0 Å². The molecule has 3 heterocycles. The molecule has 0 bridgehead atoms. The second kappa shape index (κ2) is 10.5. The van der Waals surface area contributed by atoms with Gasteiger partial charge < -0.3 is 4.74 Å². The third-order valence-electron chi connectivity index (χ3n) is 6.75. The number of nitriles is 1. The Morgan fingerprint density at radius 1 is 0.975 bits per heavy atom. The molecule has 40 heavy (non-hydrogen) atoms. The molecule has 0 saturated heterocycles. The van der Waals surface area contributed by atoms with Crippen LogP contribution in [0.15, 0.2) is 72.9 Å². The molecule has 0 fully saturated rings. The van der Waals surface area contributed by atoms with Gasteiger partial charge in [-0.1, -0.05) is 50.2 Å². The van der Waals surface area contributed by atoms with Crippen molar-refractivity contribution in [2.24, 2.45) is 0 Å². The largest absolute Gasteiger partial charge is 0.468 e. The van der Waals surface area contributed by atoms with Gasteiger partial charge in [0.2, 0.25) is 5.88 Å². The van der Waals surface area contributed by atoms with E-state index in [-0.39, 0.29) is 11.8 Å². The number of benzene rings is 2. The fourth-order valence-electron chi connectivity index (χ4n) is 4.72. The van der Waals surface area contributed by atoms with E-state index in [0.29, 0.717) is 33.5 Å². The molecule has 5 rings (SSSR count). The average Bonchev–Trinajstić information content (AvgIpc) is 3.35. The first kappa shape index (κ1) is 26.9. The SMILES string of the molecule is Cc1cc(C(F)(F)F)nn1-c1ccc([C@@H](C)Oc2nc(-c3ccccc3C(C)C)c(C#N)c3cccnc23)cc1. The Morgan fingerprint density at radius 3 is 2.35 bits per heavy atom. The van der Waals surface area contributed by atoms with Crippen LogP contribution in [0.2, 0.25) is 0 Å². The summed E-state index contributed by atoms with van der Waals surface area (Å²) in [6.07, 6.45) is -3.36. The number of hydrogen-bond acceptors (Lipinski definition) is 5. The second-order valence-electron chi connectivity index (χ2n) is 9.83. The molecule has 1 atom stereocenters. The van der Waals surface area contributed by atoms with Gasteiger partial charge in [0.15, 0.2) is 5.69 Å². The van der Waals surface area contributed by atoms with E-state index in [1.165, 1.54) is 4.68 Å². The molecule has 0 amide bonds. The minimum atomic E-state index is -4.52. The summed E-state index contributed by atoms with van der Waals surface area (Å²) in [4.78, 5) is 9.30. The summed E-state index contributed by atoms with van der Waals surface area (Å²) in [7, 11) is 0. The maximum atomic E-state index is 13.1. The number of aryl methyl sites for hydroxylation is 1. The van der Waals surface area contributed by atoms with Gasteiger partial charge in [0.05, 0.1) is 16.9 Å². The smallest absolute Gasteiger partial charge is 0.435 e. The number of pyridine rings is 2. The third-order valence-corrected chi connectivity index (χ3v) is 6.75. The fourth-order valence-corrected chi connectivity index (χ4v) is 4.72. The minimum Gasteiger partial charge on any atom is -0.468 e. The molecule has 0 aliphatic rings. The fraction of sp³-hybridized carbons (Fsp3) is 0.226. The quantitative estimate of drug-likeness (QED) is 0.218. The van der Waals surface area contributed by atoms with Gasteiger partial charge >= 0.3 is 6.18 Å². The van der Waals surface area contributed by atoms with Crippen molar-refractivity contribution >= 4 is 10.9 Å². The lowest BCUT2D eigenvalue weighted by atomic mass is 9.92. The molecule has 6 nitrogen and oxygen atoms in total. The lowest BCUT2D eigenvalue weighted by Crippen LogP contribution is -2.09. The lowest BCUT2D eigenvalue weighted by Gasteiger charge is -2.19. The number of nitrogens with zero attached hydrogens (tertiary/aromatic N) is 5. The van der Waals surface area contributed by atoms with Crippen molar-refractivity contribution in [3.63, 3.8) is 0 Å². The Hall–Kier alpha value is -4.71. The first-order valence-corrected chi connectivity index (χ1v) is 12.8.